The molecule has 19 heavy (non-hydrogen) atoms. The smallest absolute Gasteiger partial charge is 0.305 e. The molecule has 1 amide bonds. The summed E-state index contributed by atoms with van der Waals surface area (Å²) >= 11 is 1.56. The maximum atomic E-state index is 12.2. The molecule has 1 heterocycles. The number of nitrogens with zero attached hydrogens (tertiary/aromatic N) is 1. The number of amides is 1. The molecule has 0 fully saturated rings. The summed E-state index contributed by atoms with van der Waals surface area (Å²) < 4.78 is 0. The molecule has 1 rings (SSSR count). The van der Waals surface area contributed by atoms with Crippen molar-refractivity contribution in [1.29, 1.82) is 0 Å². The van der Waals surface area contributed by atoms with Gasteiger partial charge in [0.2, 0.25) is 5.91 Å². The monoisotopic (exact) mass is 283 g/mol. The van der Waals surface area contributed by atoms with Crippen LogP contribution in [0.5, 0.6) is 0 Å². The molecule has 0 saturated carbocycles. The van der Waals surface area contributed by atoms with Gasteiger partial charge in [-0.15, -0.1) is 11.3 Å². The van der Waals surface area contributed by atoms with Crippen LogP contribution in [0.15, 0.2) is 17.5 Å². The first-order chi connectivity index (χ1) is 9.13. The summed E-state index contributed by atoms with van der Waals surface area (Å²) in [5, 5.41) is 10.7. The zero-order valence-electron chi connectivity index (χ0n) is 11.3. The number of rotatable bonds is 9. The summed E-state index contributed by atoms with van der Waals surface area (Å²) in [5.41, 5.74) is 0. The number of carboxylic acids is 1. The molecule has 1 aromatic heterocycles. The molecule has 0 aliphatic rings. The molecular weight excluding hydrogens is 262 g/mol. The number of carboxylic acid groups (broad SMARTS) is 1. The standard InChI is InChI=1S/C14H21NO3S/c1-2-3-4-8-15(9-7-14(17)18)13(16)11-12-6-5-10-19-12/h5-6,10H,2-4,7-9,11H2,1H3,(H,17,18). The van der Waals surface area contributed by atoms with Crippen LogP contribution in [-0.4, -0.2) is 35.0 Å². The molecule has 0 aliphatic heterocycles. The van der Waals surface area contributed by atoms with E-state index < -0.39 is 5.97 Å². The van der Waals surface area contributed by atoms with Gasteiger partial charge in [0.15, 0.2) is 0 Å². The Kier molecular flexibility index (Phi) is 7.18. The van der Waals surface area contributed by atoms with Gasteiger partial charge < -0.3 is 10.0 Å². The number of carbonyl (C=O) groups is 2. The minimum absolute atomic E-state index is 0.0162. The molecular formula is C14H21NO3S. The van der Waals surface area contributed by atoms with E-state index in [1.54, 1.807) is 16.2 Å². The average molecular weight is 283 g/mol. The minimum atomic E-state index is -0.857. The first kappa shape index (κ1) is 15.7. The molecule has 1 aromatic rings. The van der Waals surface area contributed by atoms with E-state index in [2.05, 4.69) is 6.92 Å². The lowest BCUT2D eigenvalue weighted by Gasteiger charge is -2.21. The molecule has 0 aliphatic carbocycles. The fourth-order valence-electron chi connectivity index (χ4n) is 1.82. The van der Waals surface area contributed by atoms with Gasteiger partial charge in [0.25, 0.3) is 0 Å². The third-order valence-electron chi connectivity index (χ3n) is 2.89. The summed E-state index contributed by atoms with van der Waals surface area (Å²) in [6.45, 7) is 3.07. The summed E-state index contributed by atoms with van der Waals surface area (Å²) in [4.78, 5) is 25.5. The number of aliphatic carboxylic acids is 1. The van der Waals surface area contributed by atoms with Crippen molar-refractivity contribution < 1.29 is 14.7 Å². The molecule has 0 bridgehead atoms. The normalized spacial score (nSPS) is 10.4. The first-order valence-corrected chi connectivity index (χ1v) is 7.53. The lowest BCUT2D eigenvalue weighted by atomic mass is 10.2. The van der Waals surface area contributed by atoms with Gasteiger partial charge in [-0.05, 0) is 17.9 Å². The predicted octanol–water partition coefficient (Wildman–Crippen LogP) is 2.78. The van der Waals surface area contributed by atoms with Gasteiger partial charge in [-0.3, -0.25) is 9.59 Å². The Labute approximate surface area is 118 Å². The topological polar surface area (TPSA) is 57.6 Å². The average Bonchev–Trinajstić information content (AvgIpc) is 2.85. The van der Waals surface area contributed by atoms with Crippen LogP contribution >= 0.6 is 11.3 Å². The first-order valence-electron chi connectivity index (χ1n) is 6.65. The highest BCUT2D eigenvalue weighted by Crippen LogP contribution is 2.11. The van der Waals surface area contributed by atoms with E-state index in [0.717, 1.165) is 24.1 Å². The highest BCUT2D eigenvalue weighted by Gasteiger charge is 2.15. The molecule has 0 atom stereocenters. The van der Waals surface area contributed by atoms with Gasteiger partial charge in [-0.2, -0.15) is 0 Å². The van der Waals surface area contributed by atoms with Crippen molar-refractivity contribution in [3.8, 4) is 0 Å². The molecule has 4 nitrogen and oxygen atoms in total. The Morgan fingerprint density at radius 3 is 2.68 bits per heavy atom. The van der Waals surface area contributed by atoms with Gasteiger partial charge >= 0.3 is 5.97 Å². The molecule has 0 spiro atoms. The van der Waals surface area contributed by atoms with Crippen LogP contribution in [0, 0.1) is 0 Å². The van der Waals surface area contributed by atoms with E-state index in [1.165, 1.54) is 0 Å². The molecule has 106 valence electrons. The fraction of sp³-hybridized carbons (Fsp3) is 0.571. The van der Waals surface area contributed by atoms with Crippen LogP contribution in [0.1, 0.15) is 37.5 Å². The van der Waals surface area contributed by atoms with Crippen LogP contribution in [0.25, 0.3) is 0 Å². The van der Waals surface area contributed by atoms with Gasteiger partial charge in [0.1, 0.15) is 0 Å². The third-order valence-corrected chi connectivity index (χ3v) is 3.76. The Balaban J connectivity index is 2.49. The van der Waals surface area contributed by atoms with Crippen LogP contribution < -0.4 is 0 Å². The van der Waals surface area contributed by atoms with Crippen molar-refractivity contribution in [2.75, 3.05) is 13.1 Å². The summed E-state index contributed by atoms with van der Waals surface area (Å²) in [7, 11) is 0. The quantitative estimate of drug-likeness (QED) is 0.709. The van der Waals surface area contributed by atoms with Gasteiger partial charge in [-0.1, -0.05) is 25.8 Å². The largest absolute Gasteiger partial charge is 0.481 e. The van der Waals surface area contributed by atoms with Crippen molar-refractivity contribution in [1.82, 2.24) is 4.90 Å². The second-order valence-electron chi connectivity index (χ2n) is 4.49. The zero-order valence-corrected chi connectivity index (χ0v) is 12.1. The number of hydrogen-bond donors (Lipinski definition) is 1. The SMILES string of the molecule is CCCCCN(CCC(=O)O)C(=O)Cc1cccs1. The summed E-state index contributed by atoms with van der Waals surface area (Å²) in [6.07, 6.45) is 3.49. The molecule has 0 aromatic carbocycles. The van der Waals surface area contributed by atoms with Gasteiger partial charge in [0.05, 0.1) is 12.8 Å². The molecule has 0 unspecified atom stereocenters. The van der Waals surface area contributed by atoms with Crippen LogP contribution in [-0.2, 0) is 16.0 Å². The second kappa shape index (κ2) is 8.69. The van der Waals surface area contributed by atoms with Crippen LogP contribution in [0.4, 0.5) is 0 Å². The Hall–Kier alpha value is -1.36. The van der Waals surface area contributed by atoms with Crippen molar-refractivity contribution in [2.24, 2.45) is 0 Å². The fourth-order valence-corrected chi connectivity index (χ4v) is 2.51. The van der Waals surface area contributed by atoms with Gasteiger partial charge in [0, 0.05) is 18.0 Å². The van der Waals surface area contributed by atoms with Crippen molar-refractivity contribution in [2.45, 2.75) is 39.0 Å². The van der Waals surface area contributed by atoms with E-state index in [1.807, 2.05) is 17.5 Å². The van der Waals surface area contributed by atoms with Crippen molar-refractivity contribution in [3.63, 3.8) is 0 Å². The maximum Gasteiger partial charge on any atom is 0.305 e. The van der Waals surface area contributed by atoms with E-state index in [0.29, 0.717) is 19.5 Å². The molecule has 5 heteroatoms. The van der Waals surface area contributed by atoms with Crippen LogP contribution in [0.3, 0.4) is 0 Å². The summed E-state index contributed by atoms with van der Waals surface area (Å²) in [5.74, 6) is -0.829. The third kappa shape index (κ3) is 6.38. The lowest BCUT2D eigenvalue weighted by molar-refractivity contribution is -0.138. The second-order valence-corrected chi connectivity index (χ2v) is 5.52. The maximum absolute atomic E-state index is 12.2. The number of hydrogen-bond acceptors (Lipinski definition) is 3. The minimum Gasteiger partial charge on any atom is -0.481 e. The van der Waals surface area contributed by atoms with E-state index in [-0.39, 0.29) is 12.3 Å². The highest BCUT2D eigenvalue weighted by atomic mass is 32.1. The van der Waals surface area contributed by atoms with E-state index in [9.17, 15) is 9.59 Å². The Bertz CT molecular complexity index is 389. The van der Waals surface area contributed by atoms with Crippen molar-refractivity contribution >= 4 is 23.2 Å². The van der Waals surface area contributed by atoms with Crippen molar-refractivity contribution in [3.05, 3.63) is 22.4 Å². The number of carbonyl (C=O) groups excluding carboxylic acids is 1. The number of thiophene rings is 1. The number of unbranched alkanes of at least 4 members (excludes halogenated alkanes) is 2. The molecule has 0 saturated heterocycles. The van der Waals surface area contributed by atoms with Gasteiger partial charge in [-0.25, -0.2) is 0 Å². The molecule has 1 N–H and O–H groups in total. The highest BCUT2D eigenvalue weighted by molar-refractivity contribution is 7.10. The molecule has 0 radical (unpaired) electrons. The van der Waals surface area contributed by atoms with Crippen LogP contribution in [0.2, 0.25) is 0 Å². The Morgan fingerprint density at radius 2 is 2.11 bits per heavy atom. The Morgan fingerprint density at radius 1 is 1.32 bits per heavy atom. The predicted molar refractivity (Wildman–Crippen MR) is 76.4 cm³/mol. The zero-order chi connectivity index (χ0) is 14.1. The van der Waals surface area contributed by atoms with E-state index >= 15 is 0 Å². The summed E-state index contributed by atoms with van der Waals surface area (Å²) in [6, 6.07) is 3.86. The lowest BCUT2D eigenvalue weighted by Crippen LogP contribution is -2.35. The van der Waals surface area contributed by atoms with E-state index in [4.69, 9.17) is 5.11 Å².